The van der Waals surface area contributed by atoms with E-state index in [-0.39, 0.29) is 17.5 Å². The number of nitrogens with zero attached hydrogens (tertiary/aromatic N) is 2. The Balaban J connectivity index is 1.32. The monoisotopic (exact) mass is 583 g/mol. The maximum Gasteiger partial charge on any atom is 0.139 e. The third kappa shape index (κ3) is 4.50. The van der Waals surface area contributed by atoms with Crippen LogP contribution in [-0.4, -0.2) is 82.5 Å². The van der Waals surface area contributed by atoms with Crippen molar-refractivity contribution in [3.05, 3.63) is 65.4 Å². The van der Waals surface area contributed by atoms with Crippen molar-refractivity contribution in [1.29, 1.82) is 0 Å². The summed E-state index contributed by atoms with van der Waals surface area (Å²) in [4.78, 5) is 10.7. The van der Waals surface area contributed by atoms with Crippen molar-refractivity contribution in [2.45, 2.75) is 94.4 Å². The van der Waals surface area contributed by atoms with E-state index in [1.54, 1.807) is 11.0 Å². The standard InChI is InChI=1S/C37H50N4O2/c1-39-21-16-28-27-14-12-15-31(42)32(27)38-33(28)34(39)29-24-37(43)18-9-5-2-3-6-10-19-40-22-17-30(29)36(25-40)23-26-13-8-4-7-11-20-41(26)35(36)37/h2,5,8,12-15,24,26,30,34-35,38,42-43H,3-4,6-7,9-11,16-23,25H2,1H3/p+1/b5-2-,13-8?/t26?,30-,34?,35+,36-,37-/m0/s1. The molecule has 6 heteroatoms. The molecule has 1 aliphatic carbocycles. The van der Waals surface area contributed by atoms with Crippen LogP contribution in [-0.2, 0) is 6.42 Å². The Morgan fingerprint density at radius 2 is 1.86 bits per heavy atom. The minimum Gasteiger partial charge on any atom is -0.506 e. The number of aromatic nitrogens is 1. The summed E-state index contributed by atoms with van der Waals surface area (Å²) < 4.78 is 0. The predicted octanol–water partition coefficient (Wildman–Crippen LogP) is 4.67. The number of hydrogen-bond donors (Lipinski definition) is 4. The summed E-state index contributed by atoms with van der Waals surface area (Å²) in [7, 11) is 2.28. The lowest BCUT2D eigenvalue weighted by Gasteiger charge is -2.57. The number of piperidine rings is 1. The van der Waals surface area contributed by atoms with Gasteiger partial charge in [0.15, 0.2) is 0 Å². The number of phenols is 1. The Bertz CT molecular complexity index is 1460. The smallest absolute Gasteiger partial charge is 0.139 e. The van der Waals surface area contributed by atoms with E-state index in [1.807, 2.05) is 6.07 Å². The number of aliphatic hydroxyl groups is 1. The number of phenolic OH excluding ortho intramolecular Hbond substituents is 1. The summed E-state index contributed by atoms with van der Waals surface area (Å²) in [5.41, 5.74) is 4.11. The van der Waals surface area contributed by atoms with Crippen LogP contribution in [0.5, 0.6) is 5.75 Å². The summed E-state index contributed by atoms with van der Waals surface area (Å²) in [5, 5.41) is 25.2. The van der Waals surface area contributed by atoms with E-state index >= 15 is 0 Å². The van der Waals surface area contributed by atoms with Gasteiger partial charge in [-0.3, -0.25) is 4.90 Å². The summed E-state index contributed by atoms with van der Waals surface area (Å²) >= 11 is 0. The third-order valence-electron chi connectivity index (χ3n) is 12.4. The van der Waals surface area contributed by atoms with Crippen LogP contribution in [0.4, 0.5) is 0 Å². The van der Waals surface area contributed by atoms with Gasteiger partial charge in [-0.05, 0) is 120 Å². The number of aromatic amines is 1. The van der Waals surface area contributed by atoms with E-state index in [0.717, 1.165) is 56.2 Å². The lowest BCUT2D eigenvalue weighted by molar-refractivity contribution is -0.940. The highest BCUT2D eigenvalue weighted by atomic mass is 16.3. The summed E-state index contributed by atoms with van der Waals surface area (Å²) in [6.07, 6.45) is 24.6. The van der Waals surface area contributed by atoms with Crippen molar-refractivity contribution in [3.63, 3.8) is 0 Å². The molecule has 0 amide bonds. The fraction of sp³-hybridized carbons (Fsp3) is 0.622. The Hall–Kier alpha value is -2.38. The van der Waals surface area contributed by atoms with Crippen molar-refractivity contribution in [2.24, 2.45) is 11.3 Å². The molecule has 43 heavy (non-hydrogen) atoms. The molecule has 8 rings (SSSR count). The molecule has 6 heterocycles. The molecule has 2 fully saturated rings. The van der Waals surface area contributed by atoms with Gasteiger partial charge in [0, 0.05) is 30.6 Å². The largest absolute Gasteiger partial charge is 0.506 e. The lowest BCUT2D eigenvalue weighted by atomic mass is 9.54. The van der Waals surface area contributed by atoms with Crippen LogP contribution in [0, 0.1) is 11.3 Å². The van der Waals surface area contributed by atoms with Crippen LogP contribution < -0.4 is 4.90 Å². The molecular formula is C37H51N4O2+. The highest BCUT2D eigenvalue weighted by Crippen LogP contribution is 2.58. The molecule has 1 aromatic heterocycles. The first kappa shape index (κ1) is 28.1. The predicted molar refractivity (Wildman–Crippen MR) is 172 cm³/mol. The van der Waals surface area contributed by atoms with Crippen molar-refractivity contribution >= 4 is 10.9 Å². The van der Waals surface area contributed by atoms with Crippen LogP contribution in [0.2, 0.25) is 0 Å². The highest BCUT2D eigenvalue weighted by molar-refractivity contribution is 5.90. The van der Waals surface area contributed by atoms with Gasteiger partial charge in [-0.1, -0.05) is 30.4 Å². The van der Waals surface area contributed by atoms with Gasteiger partial charge in [0.25, 0.3) is 0 Å². The normalized spacial score (nSPS) is 40.7. The van der Waals surface area contributed by atoms with E-state index < -0.39 is 5.60 Å². The molecule has 6 aliphatic rings. The first-order valence-electron chi connectivity index (χ1n) is 17.4. The number of hydrogen-bond acceptors (Lipinski definition) is 4. The quantitative estimate of drug-likeness (QED) is 0.369. The van der Waals surface area contributed by atoms with Gasteiger partial charge in [-0.15, -0.1) is 0 Å². The van der Waals surface area contributed by atoms with E-state index in [9.17, 15) is 10.2 Å². The molecule has 1 spiro atoms. The van der Waals surface area contributed by atoms with Gasteiger partial charge in [0.2, 0.25) is 0 Å². The average Bonchev–Trinajstić information content (AvgIpc) is 3.50. The molecule has 0 saturated carbocycles. The number of fused-ring (bicyclic) bond motifs is 5. The lowest BCUT2D eigenvalue weighted by Crippen LogP contribution is -3.20. The number of rotatable bonds is 1. The zero-order valence-electron chi connectivity index (χ0n) is 26.0. The Labute approximate surface area is 257 Å². The van der Waals surface area contributed by atoms with Gasteiger partial charge < -0.3 is 25.0 Å². The van der Waals surface area contributed by atoms with Gasteiger partial charge in [0.1, 0.15) is 23.4 Å². The maximum absolute atomic E-state index is 13.2. The number of benzene rings is 1. The first-order chi connectivity index (χ1) is 21.0. The molecule has 1 aromatic carbocycles. The SMILES string of the molecule is CN1CCc2c([nH]c3c(O)cccc23)C1C1=C[C@@]2(O)CC/C=C\CCCCN3CC[C@@H]1[C@]1(CC4C=CCCCC[NH+]4[C@H]12)C3. The molecule has 230 valence electrons. The molecule has 0 radical (unpaired) electrons. The van der Waals surface area contributed by atoms with Crippen LogP contribution in [0.15, 0.2) is 54.2 Å². The number of allylic oxidation sites excluding steroid dienone is 3. The number of likely N-dealkylation sites (N-methyl/N-ethyl adjacent to an activating group) is 1. The molecule has 4 unspecified atom stereocenters. The minimum atomic E-state index is -0.850. The van der Waals surface area contributed by atoms with Crippen LogP contribution in [0.3, 0.4) is 0 Å². The summed E-state index contributed by atoms with van der Waals surface area (Å²) in [6, 6.07) is 6.74. The number of quaternary nitrogens is 1. The van der Waals surface area contributed by atoms with E-state index in [4.69, 9.17) is 0 Å². The van der Waals surface area contributed by atoms with Gasteiger partial charge >= 0.3 is 0 Å². The van der Waals surface area contributed by atoms with Gasteiger partial charge in [-0.2, -0.15) is 0 Å². The van der Waals surface area contributed by atoms with Crippen molar-refractivity contribution < 1.29 is 15.1 Å². The average molecular weight is 584 g/mol. The van der Waals surface area contributed by atoms with E-state index in [0.29, 0.717) is 17.7 Å². The second-order valence-electron chi connectivity index (χ2n) is 14.8. The van der Waals surface area contributed by atoms with Crippen molar-refractivity contribution in [3.8, 4) is 5.75 Å². The fourth-order valence-electron chi connectivity index (χ4n) is 10.8. The van der Waals surface area contributed by atoms with Gasteiger partial charge in [-0.25, -0.2) is 0 Å². The van der Waals surface area contributed by atoms with E-state index in [1.165, 1.54) is 74.9 Å². The Kier molecular flexibility index (Phi) is 7.13. The molecule has 2 aromatic rings. The molecule has 2 saturated heterocycles. The second kappa shape index (κ2) is 10.9. The zero-order valence-corrected chi connectivity index (χ0v) is 26.0. The zero-order chi connectivity index (χ0) is 29.2. The summed E-state index contributed by atoms with van der Waals surface area (Å²) in [6.45, 7) is 5.59. The van der Waals surface area contributed by atoms with Crippen LogP contribution in [0.1, 0.15) is 81.5 Å². The molecule has 8 atom stereocenters. The van der Waals surface area contributed by atoms with Gasteiger partial charge in [0.05, 0.1) is 23.5 Å². The van der Waals surface area contributed by atoms with Crippen LogP contribution >= 0.6 is 0 Å². The Morgan fingerprint density at radius 3 is 2.79 bits per heavy atom. The third-order valence-corrected chi connectivity index (χ3v) is 12.4. The number of nitrogens with one attached hydrogen (secondary N) is 2. The second-order valence-corrected chi connectivity index (χ2v) is 14.8. The maximum atomic E-state index is 13.2. The molecule has 6 nitrogen and oxygen atoms in total. The highest BCUT2D eigenvalue weighted by Gasteiger charge is 2.69. The molecular weight excluding hydrogens is 532 g/mol. The number of para-hydroxylation sites is 1. The van der Waals surface area contributed by atoms with Crippen molar-refractivity contribution in [2.75, 3.05) is 39.8 Å². The minimum absolute atomic E-state index is 0.0517. The molecule has 4 N–H and O–H groups in total. The number of aromatic hydroxyl groups is 1. The van der Waals surface area contributed by atoms with Crippen molar-refractivity contribution in [1.82, 2.24) is 14.8 Å². The first-order valence-corrected chi connectivity index (χ1v) is 17.4. The fourth-order valence-corrected chi connectivity index (χ4v) is 10.8. The topological polar surface area (TPSA) is 67.2 Å². The number of H-pyrrole nitrogens is 1. The van der Waals surface area contributed by atoms with Crippen LogP contribution in [0.25, 0.3) is 10.9 Å². The Morgan fingerprint density at radius 1 is 1.00 bits per heavy atom. The summed E-state index contributed by atoms with van der Waals surface area (Å²) in [5.74, 6) is 0.780. The van der Waals surface area contributed by atoms with E-state index in [2.05, 4.69) is 58.3 Å². The molecule has 5 aliphatic heterocycles. The molecule has 3 bridgehead atoms.